The van der Waals surface area contributed by atoms with Gasteiger partial charge >= 0.3 is 0 Å². The van der Waals surface area contributed by atoms with E-state index < -0.39 is 0 Å². The second-order valence-electron chi connectivity index (χ2n) is 9.47. The van der Waals surface area contributed by atoms with Gasteiger partial charge in [0.1, 0.15) is 12.4 Å². The lowest BCUT2D eigenvalue weighted by atomic mass is 9.75. The van der Waals surface area contributed by atoms with E-state index >= 15 is 0 Å². The lowest BCUT2D eigenvalue weighted by molar-refractivity contribution is -0.142. The van der Waals surface area contributed by atoms with Crippen molar-refractivity contribution >= 4 is 16.9 Å². The van der Waals surface area contributed by atoms with Crippen LogP contribution >= 0.6 is 0 Å². The van der Waals surface area contributed by atoms with Gasteiger partial charge in [-0.15, -0.1) is 0 Å². The van der Waals surface area contributed by atoms with Crippen molar-refractivity contribution in [2.24, 2.45) is 17.8 Å². The molecule has 158 valence electrons. The number of nitrogens with zero attached hydrogens (tertiary/aromatic N) is 2. The Morgan fingerprint density at radius 3 is 2.69 bits per heavy atom. The van der Waals surface area contributed by atoms with E-state index in [0.29, 0.717) is 23.7 Å². The molecule has 2 aromatic rings. The largest absolute Gasteiger partial charge is 0.368 e. The Hall–Kier alpha value is -1.88. The van der Waals surface area contributed by atoms with Gasteiger partial charge in [0.2, 0.25) is 5.91 Å². The van der Waals surface area contributed by atoms with E-state index in [-0.39, 0.29) is 18.6 Å². The summed E-state index contributed by atoms with van der Waals surface area (Å²) in [6, 6.07) is 8.16. The van der Waals surface area contributed by atoms with Crippen molar-refractivity contribution in [3.63, 3.8) is 0 Å². The van der Waals surface area contributed by atoms with Crippen LogP contribution in [0.2, 0.25) is 0 Å². The smallest absolute Gasteiger partial charge is 0.248 e. The van der Waals surface area contributed by atoms with Gasteiger partial charge in [-0.3, -0.25) is 4.79 Å². The third-order valence-corrected chi connectivity index (χ3v) is 7.02. The molecule has 1 aliphatic carbocycles. The molecule has 1 aromatic heterocycles. The molecular formula is C24H35N3O2. The fourth-order valence-electron chi connectivity index (χ4n) is 5.14. The maximum Gasteiger partial charge on any atom is 0.248 e. The fourth-order valence-corrected chi connectivity index (χ4v) is 5.14. The first-order chi connectivity index (χ1) is 14.0. The monoisotopic (exact) mass is 397 g/mol. The third-order valence-electron chi connectivity index (χ3n) is 7.02. The zero-order valence-corrected chi connectivity index (χ0v) is 18.1. The van der Waals surface area contributed by atoms with E-state index in [1.54, 1.807) is 0 Å². The number of H-pyrrole nitrogens is 1. The number of ether oxygens (including phenoxy) is 1. The number of aromatic amines is 1. The second kappa shape index (κ2) is 8.86. The molecule has 0 spiro atoms. The van der Waals surface area contributed by atoms with E-state index in [0.717, 1.165) is 49.2 Å². The van der Waals surface area contributed by atoms with Gasteiger partial charge in [-0.05, 0) is 55.6 Å². The van der Waals surface area contributed by atoms with Gasteiger partial charge in [-0.1, -0.05) is 39.3 Å². The van der Waals surface area contributed by atoms with Crippen LogP contribution in [-0.4, -0.2) is 46.6 Å². The van der Waals surface area contributed by atoms with Crippen LogP contribution in [0.3, 0.4) is 0 Å². The molecule has 0 unspecified atom stereocenters. The zero-order chi connectivity index (χ0) is 20.4. The minimum atomic E-state index is 0.147. The van der Waals surface area contributed by atoms with Gasteiger partial charge in [-0.25, -0.2) is 4.98 Å². The number of nitrogens with one attached hydrogen (secondary N) is 1. The normalized spacial score (nSPS) is 26.3. The first kappa shape index (κ1) is 20.4. The predicted octanol–water partition coefficient (Wildman–Crippen LogP) is 4.75. The minimum Gasteiger partial charge on any atom is -0.368 e. The fraction of sp³-hybridized carbons (Fsp3) is 0.667. The molecule has 0 bridgehead atoms. The molecule has 0 radical (unpaired) electrons. The van der Waals surface area contributed by atoms with Crippen molar-refractivity contribution in [2.45, 2.75) is 64.9 Å². The molecule has 1 saturated heterocycles. The quantitative estimate of drug-likeness (QED) is 0.792. The summed E-state index contributed by atoms with van der Waals surface area (Å²) in [4.78, 5) is 23.0. The van der Waals surface area contributed by atoms with Gasteiger partial charge in [0, 0.05) is 19.0 Å². The number of hydrogen-bond donors (Lipinski definition) is 1. The first-order valence-corrected chi connectivity index (χ1v) is 11.3. The highest BCUT2D eigenvalue weighted by Gasteiger charge is 2.32. The van der Waals surface area contributed by atoms with Crippen LogP contribution in [0.5, 0.6) is 0 Å². The highest BCUT2D eigenvalue weighted by Crippen LogP contribution is 2.35. The number of para-hydroxylation sites is 2. The standard InChI is InChI=1S/C24H35N3O2/c1-16(2)19-9-8-17(3)14-22(19)29-15-23(28)27-12-10-18(11-13-27)24-25-20-6-4-5-7-21(20)26-24/h4-7,16-19,22H,8-15H2,1-3H3,(H,25,26)/t17-,19+,22+/m1/s1. The molecule has 1 N–H and O–H groups in total. The van der Waals surface area contributed by atoms with E-state index in [4.69, 9.17) is 9.72 Å². The molecule has 5 nitrogen and oxygen atoms in total. The van der Waals surface area contributed by atoms with Gasteiger partial charge < -0.3 is 14.6 Å². The van der Waals surface area contributed by atoms with E-state index in [9.17, 15) is 4.79 Å². The summed E-state index contributed by atoms with van der Waals surface area (Å²) in [7, 11) is 0. The molecule has 29 heavy (non-hydrogen) atoms. The average Bonchev–Trinajstić information content (AvgIpc) is 3.16. The van der Waals surface area contributed by atoms with Crippen LogP contribution in [0.1, 0.15) is 64.6 Å². The van der Waals surface area contributed by atoms with Crippen molar-refractivity contribution < 1.29 is 9.53 Å². The maximum absolute atomic E-state index is 12.8. The lowest BCUT2D eigenvalue weighted by Crippen LogP contribution is -2.42. The van der Waals surface area contributed by atoms with Gasteiger partial charge in [0.25, 0.3) is 0 Å². The summed E-state index contributed by atoms with van der Waals surface area (Å²) in [5.74, 6) is 3.50. The van der Waals surface area contributed by atoms with Crippen molar-refractivity contribution in [1.82, 2.24) is 14.9 Å². The molecule has 2 fully saturated rings. The van der Waals surface area contributed by atoms with Crippen LogP contribution in [0.15, 0.2) is 24.3 Å². The number of hydrogen-bond acceptors (Lipinski definition) is 3. The predicted molar refractivity (Wildman–Crippen MR) is 116 cm³/mol. The average molecular weight is 398 g/mol. The molecule has 2 heterocycles. The summed E-state index contributed by atoms with van der Waals surface area (Å²) >= 11 is 0. The van der Waals surface area contributed by atoms with Crippen LogP contribution in [0.25, 0.3) is 11.0 Å². The Kier molecular flexibility index (Phi) is 6.23. The molecule has 2 aliphatic rings. The SMILES string of the molecule is CC(C)[C@@H]1CC[C@@H](C)C[C@@H]1OCC(=O)N1CCC(c2nc3ccccc3[nH]2)CC1. The Bertz CT molecular complexity index is 789. The Morgan fingerprint density at radius 1 is 1.21 bits per heavy atom. The topological polar surface area (TPSA) is 58.2 Å². The minimum absolute atomic E-state index is 0.147. The van der Waals surface area contributed by atoms with Gasteiger partial charge in [0.05, 0.1) is 17.1 Å². The van der Waals surface area contributed by atoms with Crippen LogP contribution in [-0.2, 0) is 9.53 Å². The number of benzene rings is 1. The highest BCUT2D eigenvalue weighted by molar-refractivity contribution is 5.77. The summed E-state index contributed by atoms with van der Waals surface area (Å²) in [5, 5.41) is 0. The van der Waals surface area contributed by atoms with E-state index in [2.05, 4.69) is 31.8 Å². The van der Waals surface area contributed by atoms with E-state index in [1.165, 1.54) is 12.8 Å². The van der Waals surface area contributed by atoms with Crippen LogP contribution in [0.4, 0.5) is 0 Å². The molecule has 5 heteroatoms. The number of carbonyl (C=O) groups is 1. The lowest BCUT2D eigenvalue weighted by Gasteiger charge is -2.37. The molecule has 4 rings (SSSR count). The third kappa shape index (κ3) is 4.66. The van der Waals surface area contributed by atoms with Gasteiger partial charge in [0.15, 0.2) is 0 Å². The molecule has 1 amide bonds. The number of rotatable bonds is 5. The molecular weight excluding hydrogens is 362 g/mol. The number of fused-ring (bicyclic) bond motifs is 1. The summed E-state index contributed by atoms with van der Waals surface area (Å²) in [6.07, 6.45) is 5.74. The Balaban J connectivity index is 1.28. The Morgan fingerprint density at radius 2 is 1.97 bits per heavy atom. The zero-order valence-electron chi connectivity index (χ0n) is 18.1. The summed E-state index contributed by atoms with van der Waals surface area (Å²) in [6.45, 7) is 8.67. The van der Waals surface area contributed by atoms with Crippen molar-refractivity contribution in [1.29, 1.82) is 0 Å². The van der Waals surface area contributed by atoms with Crippen LogP contribution < -0.4 is 0 Å². The highest BCUT2D eigenvalue weighted by atomic mass is 16.5. The van der Waals surface area contributed by atoms with Gasteiger partial charge in [-0.2, -0.15) is 0 Å². The van der Waals surface area contributed by atoms with Crippen molar-refractivity contribution in [3.8, 4) is 0 Å². The molecule has 1 saturated carbocycles. The van der Waals surface area contributed by atoms with Crippen molar-refractivity contribution in [2.75, 3.05) is 19.7 Å². The van der Waals surface area contributed by atoms with E-state index in [1.807, 2.05) is 23.1 Å². The number of carbonyl (C=O) groups excluding carboxylic acids is 1. The number of piperidine rings is 1. The van der Waals surface area contributed by atoms with Crippen LogP contribution in [0, 0.1) is 17.8 Å². The number of imidazole rings is 1. The summed E-state index contributed by atoms with van der Waals surface area (Å²) < 4.78 is 6.18. The molecule has 1 aromatic carbocycles. The number of aromatic nitrogens is 2. The number of likely N-dealkylation sites (tertiary alicyclic amines) is 1. The second-order valence-corrected chi connectivity index (χ2v) is 9.47. The molecule has 1 aliphatic heterocycles. The summed E-state index contributed by atoms with van der Waals surface area (Å²) in [5.41, 5.74) is 2.12. The van der Waals surface area contributed by atoms with Crippen molar-refractivity contribution in [3.05, 3.63) is 30.1 Å². The first-order valence-electron chi connectivity index (χ1n) is 11.3. The number of amides is 1. The maximum atomic E-state index is 12.8. The molecule has 3 atom stereocenters. The Labute approximate surface area is 174 Å².